The number of aliphatic carboxylic acids is 1. The Morgan fingerprint density at radius 1 is 1.12 bits per heavy atom. The Morgan fingerprint density at radius 3 is 2.25 bits per heavy atom. The lowest BCUT2D eigenvalue weighted by molar-refractivity contribution is -0.144. The van der Waals surface area contributed by atoms with Crippen molar-refractivity contribution in [3.8, 4) is 0 Å². The summed E-state index contributed by atoms with van der Waals surface area (Å²) in [4.78, 5) is 27.2. The number of hydrogen-bond acceptors (Lipinski definition) is 5. The summed E-state index contributed by atoms with van der Waals surface area (Å²) < 4.78 is 23.7. The number of sulfone groups is 1. The minimum Gasteiger partial charge on any atom is -0.480 e. The number of carboxylic acids is 1. The molecule has 1 aliphatic carbocycles. The maximum Gasteiger partial charge on any atom is 0.320 e. The highest BCUT2D eigenvalue weighted by molar-refractivity contribution is 7.91. The van der Waals surface area contributed by atoms with E-state index in [-0.39, 0.29) is 36.0 Å². The van der Waals surface area contributed by atoms with Crippen molar-refractivity contribution in [2.24, 2.45) is 0 Å². The molecule has 1 heterocycles. The zero-order valence-electron chi connectivity index (χ0n) is 14.5. The first-order valence-corrected chi connectivity index (χ1v) is 10.5. The Kier molecular flexibility index (Phi) is 6.25. The molecule has 2 rings (SSSR count). The Balaban J connectivity index is 2.12. The molecule has 1 saturated carbocycles. The van der Waals surface area contributed by atoms with Crippen LogP contribution in [0, 0.1) is 0 Å². The first-order valence-electron chi connectivity index (χ1n) is 8.66. The maximum atomic E-state index is 12.9. The van der Waals surface area contributed by atoms with Crippen molar-refractivity contribution in [3.63, 3.8) is 0 Å². The molecular formula is C16H28N2O5S. The number of carboxylic acid groups (broad SMARTS) is 1. The van der Waals surface area contributed by atoms with Gasteiger partial charge in [-0.1, -0.05) is 19.3 Å². The van der Waals surface area contributed by atoms with Gasteiger partial charge in [-0.3, -0.25) is 14.5 Å². The van der Waals surface area contributed by atoms with Gasteiger partial charge in [-0.25, -0.2) is 8.42 Å². The lowest BCUT2D eigenvalue weighted by Gasteiger charge is -2.39. The van der Waals surface area contributed by atoms with Gasteiger partial charge in [0, 0.05) is 12.1 Å². The van der Waals surface area contributed by atoms with Crippen molar-refractivity contribution in [2.45, 2.75) is 63.6 Å². The Hall–Kier alpha value is -1.15. The van der Waals surface area contributed by atoms with Gasteiger partial charge in [-0.15, -0.1) is 0 Å². The van der Waals surface area contributed by atoms with Crippen LogP contribution in [0.1, 0.15) is 45.4 Å². The van der Waals surface area contributed by atoms with Gasteiger partial charge in [0.25, 0.3) is 0 Å². The first-order chi connectivity index (χ1) is 11.2. The topological polar surface area (TPSA) is 95.0 Å². The van der Waals surface area contributed by atoms with E-state index in [1.54, 1.807) is 18.9 Å². The SMILES string of the molecule is CC(C(=O)O)N(C)CC(=O)N(C1CCCCC1)C1CCS(=O)(=O)C1. The van der Waals surface area contributed by atoms with Gasteiger partial charge >= 0.3 is 5.97 Å². The lowest BCUT2D eigenvalue weighted by atomic mass is 9.92. The van der Waals surface area contributed by atoms with E-state index in [0.717, 1.165) is 32.1 Å². The van der Waals surface area contributed by atoms with E-state index < -0.39 is 21.8 Å². The number of amides is 1. The molecule has 0 aromatic heterocycles. The second kappa shape index (κ2) is 7.82. The van der Waals surface area contributed by atoms with Crippen LogP contribution in [0.25, 0.3) is 0 Å². The minimum absolute atomic E-state index is 0.000510. The molecule has 7 nitrogen and oxygen atoms in total. The van der Waals surface area contributed by atoms with Crippen molar-refractivity contribution in [3.05, 3.63) is 0 Å². The minimum atomic E-state index is -3.07. The number of likely N-dealkylation sites (N-methyl/N-ethyl adjacent to an activating group) is 1. The third kappa shape index (κ3) is 4.69. The number of rotatable bonds is 6. The number of carbonyl (C=O) groups is 2. The summed E-state index contributed by atoms with van der Waals surface area (Å²) in [6, 6.07) is -0.938. The maximum absolute atomic E-state index is 12.9. The van der Waals surface area contributed by atoms with Crippen LogP contribution in [0.3, 0.4) is 0 Å². The van der Waals surface area contributed by atoms with E-state index >= 15 is 0 Å². The summed E-state index contributed by atoms with van der Waals surface area (Å²) >= 11 is 0. The summed E-state index contributed by atoms with van der Waals surface area (Å²) in [5.74, 6) is -0.958. The molecule has 1 aliphatic heterocycles. The molecule has 2 aliphatic rings. The predicted octanol–water partition coefficient (Wildman–Crippen LogP) is 0.740. The van der Waals surface area contributed by atoms with Crippen LogP contribution in [0.4, 0.5) is 0 Å². The average molecular weight is 360 g/mol. The third-order valence-electron chi connectivity index (χ3n) is 5.26. The lowest BCUT2D eigenvalue weighted by Crippen LogP contribution is -2.53. The molecule has 24 heavy (non-hydrogen) atoms. The van der Waals surface area contributed by atoms with E-state index in [0.29, 0.717) is 6.42 Å². The van der Waals surface area contributed by atoms with E-state index in [4.69, 9.17) is 5.11 Å². The second-order valence-electron chi connectivity index (χ2n) is 7.08. The molecule has 0 aromatic rings. The zero-order valence-corrected chi connectivity index (χ0v) is 15.3. The largest absolute Gasteiger partial charge is 0.480 e. The standard InChI is InChI=1S/C16H28N2O5S/c1-12(16(20)21)17(2)10-15(19)18(13-6-4-3-5-7-13)14-8-9-24(22,23)11-14/h12-14H,3-11H2,1-2H3,(H,20,21). The summed E-state index contributed by atoms with van der Waals surface area (Å²) in [5, 5.41) is 9.09. The van der Waals surface area contributed by atoms with Gasteiger partial charge in [0.2, 0.25) is 5.91 Å². The molecule has 1 amide bonds. The highest BCUT2D eigenvalue weighted by Gasteiger charge is 2.39. The van der Waals surface area contributed by atoms with Crippen molar-refractivity contribution < 1.29 is 23.1 Å². The van der Waals surface area contributed by atoms with Crippen molar-refractivity contribution in [1.82, 2.24) is 9.80 Å². The van der Waals surface area contributed by atoms with Gasteiger partial charge in [-0.2, -0.15) is 0 Å². The van der Waals surface area contributed by atoms with Crippen molar-refractivity contribution in [1.29, 1.82) is 0 Å². The number of nitrogens with zero attached hydrogens (tertiary/aromatic N) is 2. The summed E-state index contributed by atoms with van der Waals surface area (Å²) in [5.41, 5.74) is 0. The molecule has 1 N–H and O–H groups in total. The molecule has 2 unspecified atom stereocenters. The monoisotopic (exact) mass is 360 g/mol. The van der Waals surface area contributed by atoms with Crippen LogP contribution in [0.2, 0.25) is 0 Å². The molecule has 0 aromatic carbocycles. The fraction of sp³-hybridized carbons (Fsp3) is 0.875. The predicted molar refractivity (Wildman–Crippen MR) is 90.5 cm³/mol. The number of hydrogen-bond donors (Lipinski definition) is 1. The van der Waals surface area contributed by atoms with E-state index in [1.807, 2.05) is 0 Å². The smallest absolute Gasteiger partial charge is 0.320 e. The van der Waals surface area contributed by atoms with Crippen LogP contribution >= 0.6 is 0 Å². The third-order valence-corrected chi connectivity index (χ3v) is 7.01. The van der Waals surface area contributed by atoms with Crippen LogP contribution in [-0.2, 0) is 19.4 Å². The van der Waals surface area contributed by atoms with E-state index in [9.17, 15) is 18.0 Å². The fourth-order valence-corrected chi connectivity index (χ4v) is 5.39. The molecular weight excluding hydrogens is 332 g/mol. The summed E-state index contributed by atoms with van der Waals surface area (Å²) in [7, 11) is -1.46. The summed E-state index contributed by atoms with van der Waals surface area (Å²) in [6.45, 7) is 1.54. The molecule has 0 bridgehead atoms. The Labute approximate surface area is 143 Å². The molecule has 2 fully saturated rings. The second-order valence-corrected chi connectivity index (χ2v) is 9.31. The van der Waals surface area contributed by atoms with Crippen LogP contribution in [0.5, 0.6) is 0 Å². The Bertz CT molecular complexity index is 571. The van der Waals surface area contributed by atoms with Crippen molar-refractivity contribution in [2.75, 3.05) is 25.1 Å². The molecule has 0 radical (unpaired) electrons. The summed E-state index contributed by atoms with van der Waals surface area (Å²) in [6.07, 6.45) is 5.55. The average Bonchev–Trinajstić information content (AvgIpc) is 2.87. The van der Waals surface area contributed by atoms with Crippen molar-refractivity contribution >= 4 is 21.7 Å². The van der Waals surface area contributed by atoms with Crippen LogP contribution in [-0.4, -0.2) is 78.4 Å². The van der Waals surface area contributed by atoms with Crippen LogP contribution in [0.15, 0.2) is 0 Å². The van der Waals surface area contributed by atoms with Gasteiger partial charge in [0.1, 0.15) is 6.04 Å². The van der Waals surface area contributed by atoms with Gasteiger partial charge < -0.3 is 10.0 Å². The molecule has 8 heteroatoms. The number of carbonyl (C=O) groups excluding carboxylic acids is 1. The quantitative estimate of drug-likeness (QED) is 0.751. The zero-order chi connectivity index (χ0) is 17.9. The molecule has 1 saturated heterocycles. The van der Waals surface area contributed by atoms with E-state index in [2.05, 4.69) is 0 Å². The van der Waals surface area contributed by atoms with Gasteiger partial charge in [-0.05, 0) is 33.2 Å². The molecule has 138 valence electrons. The van der Waals surface area contributed by atoms with Gasteiger partial charge in [0.15, 0.2) is 9.84 Å². The normalized spacial score (nSPS) is 25.5. The first kappa shape index (κ1) is 19.2. The highest BCUT2D eigenvalue weighted by atomic mass is 32.2. The molecule has 0 spiro atoms. The van der Waals surface area contributed by atoms with Crippen LogP contribution < -0.4 is 0 Å². The fourth-order valence-electron chi connectivity index (χ4n) is 3.68. The highest BCUT2D eigenvalue weighted by Crippen LogP contribution is 2.28. The Morgan fingerprint density at radius 2 is 1.75 bits per heavy atom. The van der Waals surface area contributed by atoms with Gasteiger partial charge in [0.05, 0.1) is 18.1 Å². The molecule has 2 atom stereocenters. The van der Waals surface area contributed by atoms with E-state index in [1.165, 1.54) is 4.90 Å².